The van der Waals surface area contributed by atoms with Crippen LogP contribution < -0.4 is 4.80 Å². The average Bonchev–Trinajstić information content (AvgIpc) is 3.35. The predicted octanol–water partition coefficient (Wildman–Crippen LogP) is 4.95. The Hall–Kier alpha value is -3.58. The number of aromatic hydroxyl groups is 2. The van der Waals surface area contributed by atoms with Gasteiger partial charge in [-0.1, -0.05) is 12.1 Å². The second-order valence-corrected chi connectivity index (χ2v) is 7.42. The van der Waals surface area contributed by atoms with Gasteiger partial charge in [-0.2, -0.15) is 5.10 Å². The van der Waals surface area contributed by atoms with Gasteiger partial charge < -0.3 is 14.6 Å². The van der Waals surface area contributed by atoms with Crippen LogP contribution in [0.5, 0.6) is 11.5 Å². The van der Waals surface area contributed by atoms with Crippen molar-refractivity contribution in [2.75, 3.05) is 0 Å². The van der Waals surface area contributed by atoms with E-state index in [1.165, 1.54) is 23.5 Å². The van der Waals surface area contributed by atoms with E-state index in [2.05, 4.69) is 11.2 Å². The fourth-order valence-corrected chi connectivity index (χ4v) is 3.60. The highest BCUT2D eigenvalue weighted by Crippen LogP contribution is 2.25. The molecule has 0 atom stereocenters. The fourth-order valence-electron chi connectivity index (χ4n) is 2.77. The van der Waals surface area contributed by atoms with Gasteiger partial charge in [0.15, 0.2) is 17.3 Å². The third kappa shape index (κ3) is 4.00. The van der Waals surface area contributed by atoms with Crippen molar-refractivity contribution in [1.82, 2.24) is 4.68 Å². The highest BCUT2D eigenvalue weighted by Gasteiger charge is 2.10. The topological polar surface area (TPSA) is 83.2 Å². The van der Waals surface area contributed by atoms with Crippen molar-refractivity contribution in [2.24, 2.45) is 10.1 Å². The molecule has 2 heterocycles. The minimum absolute atomic E-state index is 0.174. The number of aryl methyl sites for hydroxylation is 2. The lowest BCUT2D eigenvalue weighted by Crippen LogP contribution is -2.11. The van der Waals surface area contributed by atoms with Crippen LogP contribution in [0.3, 0.4) is 0 Å². The Bertz CT molecular complexity index is 1250. The molecule has 6 nitrogen and oxygen atoms in total. The van der Waals surface area contributed by atoms with E-state index < -0.39 is 0 Å². The van der Waals surface area contributed by atoms with Crippen molar-refractivity contribution in [2.45, 2.75) is 13.8 Å². The Morgan fingerprint density at radius 2 is 1.90 bits per heavy atom. The minimum Gasteiger partial charge on any atom is -0.504 e. The van der Waals surface area contributed by atoms with Gasteiger partial charge in [0.2, 0.25) is 4.80 Å². The number of furan rings is 1. The first-order valence-corrected chi connectivity index (χ1v) is 9.82. The summed E-state index contributed by atoms with van der Waals surface area (Å²) in [6.45, 7) is 4.05. The Labute approximate surface area is 171 Å². The first-order chi connectivity index (χ1) is 14.0. The molecule has 7 heteroatoms. The first kappa shape index (κ1) is 18.8. The molecule has 0 saturated heterocycles. The second kappa shape index (κ2) is 7.81. The van der Waals surface area contributed by atoms with Gasteiger partial charge in [0.25, 0.3) is 0 Å². The quantitative estimate of drug-likeness (QED) is 0.372. The molecule has 0 amide bonds. The standard InChI is InChI=1S/C22H19N3O3S/c1-14-5-6-15(2)17(10-14)24-22-25(18(13-29-22)21-4-3-9-28-21)23-12-16-7-8-19(26)20(27)11-16/h3-13,26-27H,1-2H3. The molecule has 0 fully saturated rings. The number of aromatic nitrogens is 1. The molecule has 2 aromatic carbocycles. The van der Waals surface area contributed by atoms with E-state index in [1.54, 1.807) is 23.2 Å². The van der Waals surface area contributed by atoms with E-state index in [-0.39, 0.29) is 11.5 Å². The van der Waals surface area contributed by atoms with Gasteiger partial charge in [0.1, 0.15) is 5.69 Å². The average molecular weight is 405 g/mol. The molecular weight excluding hydrogens is 386 g/mol. The zero-order valence-electron chi connectivity index (χ0n) is 15.9. The highest BCUT2D eigenvalue weighted by molar-refractivity contribution is 7.07. The van der Waals surface area contributed by atoms with E-state index in [1.807, 2.05) is 43.5 Å². The molecule has 2 aromatic heterocycles. The summed E-state index contributed by atoms with van der Waals surface area (Å²) in [5.74, 6) is 0.303. The van der Waals surface area contributed by atoms with E-state index in [4.69, 9.17) is 9.41 Å². The molecule has 29 heavy (non-hydrogen) atoms. The lowest BCUT2D eigenvalue weighted by atomic mass is 10.1. The summed E-state index contributed by atoms with van der Waals surface area (Å²) in [5, 5.41) is 25.7. The molecule has 0 spiro atoms. The van der Waals surface area contributed by atoms with Gasteiger partial charge in [0, 0.05) is 5.38 Å². The van der Waals surface area contributed by atoms with Crippen molar-refractivity contribution in [3.05, 3.63) is 81.7 Å². The number of phenolic OH excluding ortho intramolecular Hbond substituents is 2. The zero-order chi connectivity index (χ0) is 20.4. The molecule has 0 radical (unpaired) electrons. The van der Waals surface area contributed by atoms with Crippen molar-refractivity contribution < 1.29 is 14.6 Å². The van der Waals surface area contributed by atoms with Crippen LogP contribution in [0.2, 0.25) is 0 Å². The molecule has 0 unspecified atom stereocenters. The summed E-state index contributed by atoms with van der Waals surface area (Å²) >= 11 is 1.46. The minimum atomic E-state index is -0.198. The summed E-state index contributed by atoms with van der Waals surface area (Å²) < 4.78 is 7.25. The Kier molecular flexibility index (Phi) is 5.05. The van der Waals surface area contributed by atoms with E-state index in [0.717, 1.165) is 22.5 Å². The lowest BCUT2D eigenvalue weighted by Gasteiger charge is -2.03. The number of hydrogen-bond acceptors (Lipinski definition) is 6. The first-order valence-electron chi connectivity index (χ1n) is 8.94. The smallest absolute Gasteiger partial charge is 0.211 e. The van der Waals surface area contributed by atoms with E-state index >= 15 is 0 Å². The molecule has 0 aliphatic carbocycles. The molecule has 146 valence electrons. The van der Waals surface area contributed by atoms with E-state index in [9.17, 15) is 10.2 Å². The van der Waals surface area contributed by atoms with Gasteiger partial charge in [0.05, 0.1) is 18.2 Å². The monoisotopic (exact) mass is 405 g/mol. The summed E-state index contributed by atoms with van der Waals surface area (Å²) in [6.07, 6.45) is 3.21. The van der Waals surface area contributed by atoms with Crippen molar-refractivity contribution >= 4 is 23.2 Å². The second-order valence-electron chi connectivity index (χ2n) is 6.59. The summed E-state index contributed by atoms with van der Waals surface area (Å²) in [6, 6.07) is 14.3. The fraction of sp³-hybridized carbons (Fsp3) is 0.0909. The Balaban J connectivity index is 1.85. The van der Waals surface area contributed by atoms with Crippen LogP contribution in [-0.2, 0) is 0 Å². The number of rotatable bonds is 4. The Morgan fingerprint density at radius 1 is 1.03 bits per heavy atom. The molecule has 0 aliphatic rings. The van der Waals surface area contributed by atoms with Gasteiger partial charge >= 0.3 is 0 Å². The number of benzene rings is 2. The van der Waals surface area contributed by atoms with Crippen molar-refractivity contribution in [3.8, 4) is 23.0 Å². The summed E-state index contributed by atoms with van der Waals surface area (Å²) in [5.41, 5.74) is 4.49. The van der Waals surface area contributed by atoms with Crippen LogP contribution in [0, 0.1) is 13.8 Å². The summed E-state index contributed by atoms with van der Waals surface area (Å²) in [4.78, 5) is 5.50. The predicted molar refractivity (Wildman–Crippen MR) is 114 cm³/mol. The maximum Gasteiger partial charge on any atom is 0.211 e. The van der Waals surface area contributed by atoms with Gasteiger partial charge in [-0.15, -0.1) is 11.3 Å². The largest absolute Gasteiger partial charge is 0.504 e. The van der Waals surface area contributed by atoms with Gasteiger partial charge in [-0.05, 0) is 66.9 Å². The third-order valence-electron chi connectivity index (χ3n) is 4.36. The maximum atomic E-state index is 9.72. The van der Waals surface area contributed by atoms with Crippen LogP contribution in [-0.4, -0.2) is 21.1 Å². The van der Waals surface area contributed by atoms with Crippen LogP contribution in [0.15, 0.2) is 74.7 Å². The zero-order valence-corrected chi connectivity index (χ0v) is 16.7. The maximum absolute atomic E-state index is 9.72. The van der Waals surface area contributed by atoms with Crippen LogP contribution in [0.1, 0.15) is 16.7 Å². The summed E-state index contributed by atoms with van der Waals surface area (Å²) in [7, 11) is 0. The Morgan fingerprint density at radius 3 is 2.66 bits per heavy atom. The van der Waals surface area contributed by atoms with Gasteiger partial charge in [-0.25, -0.2) is 9.67 Å². The number of nitrogens with zero attached hydrogens (tertiary/aromatic N) is 3. The molecule has 4 rings (SSSR count). The normalized spacial score (nSPS) is 12.1. The van der Waals surface area contributed by atoms with Crippen molar-refractivity contribution in [1.29, 1.82) is 0 Å². The highest BCUT2D eigenvalue weighted by atomic mass is 32.1. The van der Waals surface area contributed by atoms with E-state index in [0.29, 0.717) is 16.1 Å². The molecule has 4 aromatic rings. The SMILES string of the molecule is Cc1ccc(C)c(N=c2scc(-c3ccco3)n2N=Cc2ccc(O)c(O)c2)c1. The number of phenols is 2. The number of hydrogen-bond donors (Lipinski definition) is 2. The van der Waals surface area contributed by atoms with Crippen LogP contribution in [0.25, 0.3) is 11.5 Å². The van der Waals surface area contributed by atoms with Crippen LogP contribution in [0.4, 0.5) is 5.69 Å². The lowest BCUT2D eigenvalue weighted by molar-refractivity contribution is 0.403. The molecular formula is C22H19N3O3S. The van der Waals surface area contributed by atoms with Crippen molar-refractivity contribution in [3.63, 3.8) is 0 Å². The molecule has 0 saturated carbocycles. The van der Waals surface area contributed by atoms with Crippen LogP contribution >= 0.6 is 11.3 Å². The van der Waals surface area contributed by atoms with Gasteiger partial charge in [-0.3, -0.25) is 0 Å². The molecule has 0 bridgehead atoms. The molecule has 0 aliphatic heterocycles. The third-order valence-corrected chi connectivity index (χ3v) is 5.18. The number of thiazole rings is 1. The molecule has 2 N–H and O–H groups in total.